The van der Waals surface area contributed by atoms with Gasteiger partial charge in [-0.05, 0) is 49.2 Å². The van der Waals surface area contributed by atoms with Gasteiger partial charge < -0.3 is 5.32 Å². The molecule has 0 bridgehead atoms. The fourth-order valence-corrected chi connectivity index (χ4v) is 2.78. The van der Waals surface area contributed by atoms with Gasteiger partial charge in [0.1, 0.15) is 0 Å². The van der Waals surface area contributed by atoms with Crippen molar-refractivity contribution in [2.45, 2.75) is 19.9 Å². The molecule has 1 aromatic heterocycles. The molecule has 3 rings (SSSR count). The Balaban J connectivity index is 1.90. The lowest BCUT2D eigenvalue weighted by atomic mass is 10.0. The molecule has 0 radical (unpaired) electrons. The zero-order valence-corrected chi connectivity index (χ0v) is 13.6. The summed E-state index contributed by atoms with van der Waals surface area (Å²) in [4.78, 5) is 17.0. The van der Waals surface area contributed by atoms with Crippen LogP contribution in [0.15, 0.2) is 54.7 Å². The Morgan fingerprint density at radius 3 is 2.79 bits per heavy atom. The summed E-state index contributed by atoms with van der Waals surface area (Å²) in [6, 6.07) is 16.8. The average Bonchev–Trinajstić information content (AvgIpc) is 2.61. The van der Waals surface area contributed by atoms with Gasteiger partial charge in [0.25, 0.3) is 5.91 Å². The molecule has 1 atom stereocenters. The van der Waals surface area contributed by atoms with Crippen LogP contribution in [0, 0.1) is 18.3 Å². The van der Waals surface area contributed by atoms with Gasteiger partial charge in [0.15, 0.2) is 0 Å². The first-order chi connectivity index (χ1) is 11.6. The van der Waals surface area contributed by atoms with E-state index < -0.39 is 0 Å². The Hall–Kier alpha value is -3.19. The second kappa shape index (κ2) is 6.51. The van der Waals surface area contributed by atoms with Crippen LogP contribution in [0.3, 0.4) is 0 Å². The Labute approximate surface area is 140 Å². The summed E-state index contributed by atoms with van der Waals surface area (Å²) >= 11 is 0. The second-order valence-electron chi connectivity index (χ2n) is 5.75. The van der Waals surface area contributed by atoms with Gasteiger partial charge in [-0.2, -0.15) is 5.26 Å². The number of para-hydroxylation sites is 1. The fourth-order valence-electron chi connectivity index (χ4n) is 2.78. The summed E-state index contributed by atoms with van der Waals surface area (Å²) in [6.45, 7) is 3.81. The number of hydrogen-bond acceptors (Lipinski definition) is 3. The molecule has 1 heterocycles. The minimum Gasteiger partial charge on any atom is -0.345 e. The van der Waals surface area contributed by atoms with Crippen molar-refractivity contribution in [3.63, 3.8) is 0 Å². The Kier molecular flexibility index (Phi) is 4.26. The van der Waals surface area contributed by atoms with E-state index in [-0.39, 0.29) is 11.9 Å². The summed E-state index contributed by atoms with van der Waals surface area (Å²) in [7, 11) is 0. The number of carbonyl (C=O) groups excluding carboxylic acids is 1. The van der Waals surface area contributed by atoms with Gasteiger partial charge in [-0.15, -0.1) is 0 Å². The quantitative estimate of drug-likeness (QED) is 0.797. The number of nitrogens with one attached hydrogen (secondary N) is 1. The number of fused-ring (bicyclic) bond motifs is 1. The standard InChI is InChI=1S/C20H17N3O/c1-13-7-8-15(12-21)11-18(13)20(24)23-14(2)16-9-10-22-19-6-4-3-5-17(16)19/h3-11,14H,1-2H3,(H,23,24). The summed E-state index contributed by atoms with van der Waals surface area (Å²) in [6.07, 6.45) is 1.75. The van der Waals surface area contributed by atoms with E-state index in [4.69, 9.17) is 5.26 Å². The van der Waals surface area contributed by atoms with Gasteiger partial charge in [-0.25, -0.2) is 0 Å². The van der Waals surface area contributed by atoms with Crippen molar-refractivity contribution >= 4 is 16.8 Å². The zero-order valence-electron chi connectivity index (χ0n) is 13.6. The molecule has 2 aromatic carbocycles. The maximum absolute atomic E-state index is 12.6. The van der Waals surface area contributed by atoms with Gasteiger partial charge in [0, 0.05) is 17.1 Å². The number of hydrogen-bond donors (Lipinski definition) is 1. The number of nitriles is 1. The van der Waals surface area contributed by atoms with Crippen molar-refractivity contribution in [1.82, 2.24) is 10.3 Å². The van der Waals surface area contributed by atoms with Crippen molar-refractivity contribution in [2.75, 3.05) is 0 Å². The molecule has 0 aliphatic carbocycles. The number of rotatable bonds is 3. The highest BCUT2D eigenvalue weighted by Gasteiger charge is 2.16. The molecule has 1 unspecified atom stereocenters. The van der Waals surface area contributed by atoms with Gasteiger partial charge in [-0.1, -0.05) is 24.3 Å². The van der Waals surface area contributed by atoms with E-state index in [2.05, 4.69) is 16.4 Å². The van der Waals surface area contributed by atoms with E-state index in [1.165, 1.54) is 0 Å². The van der Waals surface area contributed by atoms with Crippen LogP contribution >= 0.6 is 0 Å². The lowest BCUT2D eigenvalue weighted by Gasteiger charge is -2.17. The lowest BCUT2D eigenvalue weighted by Crippen LogP contribution is -2.27. The van der Waals surface area contributed by atoms with Crippen LogP contribution in [-0.2, 0) is 0 Å². The molecule has 1 N–H and O–H groups in total. The normalized spacial score (nSPS) is 11.7. The highest BCUT2D eigenvalue weighted by Crippen LogP contribution is 2.23. The minimum atomic E-state index is -0.182. The monoisotopic (exact) mass is 315 g/mol. The third kappa shape index (κ3) is 2.97. The van der Waals surface area contributed by atoms with Crippen LogP contribution in [0.5, 0.6) is 0 Å². The first kappa shape index (κ1) is 15.7. The predicted molar refractivity (Wildman–Crippen MR) is 93.5 cm³/mol. The minimum absolute atomic E-state index is 0.171. The molecule has 3 aromatic rings. The molecule has 1 amide bonds. The second-order valence-corrected chi connectivity index (χ2v) is 5.75. The molecule has 0 saturated carbocycles. The lowest BCUT2D eigenvalue weighted by molar-refractivity contribution is 0.0939. The zero-order chi connectivity index (χ0) is 17.1. The third-order valence-electron chi connectivity index (χ3n) is 4.11. The molecule has 4 heteroatoms. The van der Waals surface area contributed by atoms with Crippen LogP contribution in [0.1, 0.15) is 40.0 Å². The average molecular weight is 315 g/mol. The van der Waals surface area contributed by atoms with Crippen LogP contribution < -0.4 is 5.32 Å². The Morgan fingerprint density at radius 1 is 1.21 bits per heavy atom. The van der Waals surface area contributed by atoms with E-state index in [9.17, 15) is 4.79 Å². The number of pyridine rings is 1. The Morgan fingerprint density at radius 2 is 2.00 bits per heavy atom. The molecular weight excluding hydrogens is 298 g/mol. The van der Waals surface area contributed by atoms with Crippen molar-refractivity contribution in [2.24, 2.45) is 0 Å². The largest absolute Gasteiger partial charge is 0.345 e. The van der Waals surface area contributed by atoms with Gasteiger partial charge in [0.05, 0.1) is 23.2 Å². The topological polar surface area (TPSA) is 65.8 Å². The molecule has 118 valence electrons. The predicted octanol–water partition coefficient (Wildman–Crippen LogP) is 3.91. The third-order valence-corrected chi connectivity index (χ3v) is 4.11. The first-order valence-corrected chi connectivity index (χ1v) is 7.75. The van der Waals surface area contributed by atoms with Crippen LogP contribution in [0.4, 0.5) is 0 Å². The number of benzene rings is 2. The summed E-state index contributed by atoms with van der Waals surface area (Å²) < 4.78 is 0. The van der Waals surface area contributed by atoms with E-state index >= 15 is 0 Å². The molecule has 0 spiro atoms. The van der Waals surface area contributed by atoms with Gasteiger partial charge in [0.2, 0.25) is 0 Å². The molecule has 0 aliphatic heterocycles. The van der Waals surface area contributed by atoms with E-state index in [0.29, 0.717) is 11.1 Å². The van der Waals surface area contributed by atoms with E-state index in [1.807, 2.05) is 44.2 Å². The molecule has 0 saturated heterocycles. The van der Waals surface area contributed by atoms with E-state index in [1.54, 1.807) is 24.4 Å². The van der Waals surface area contributed by atoms with Crippen molar-refractivity contribution in [3.05, 3.63) is 77.0 Å². The van der Waals surface area contributed by atoms with Crippen molar-refractivity contribution in [1.29, 1.82) is 5.26 Å². The van der Waals surface area contributed by atoms with Gasteiger partial charge in [-0.3, -0.25) is 9.78 Å². The van der Waals surface area contributed by atoms with Gasteiger partial charge >= 0.3 is 0 Å². The SMILES string of the molecule is Cc1ccc(C#N)cc1C(=O)NC(C)c1ccnc2ccccc12. The van der Waals surface area contributed by atoms with Crippen LogP contribution in [-0.4, -0.2) is 10.9 Å². The fraction of sp³-hybridized carbons (Fsp3) is 0.150. The summed E-state index contributed by atoms with van der Waals surface area (Å²) in [5.41, 5.74) is 3.77. The summed E-state index contributed by atoms with van der Waals surface area (Å²) in [5, 5.41) is 13.1. The summed E-state index contributed by atoms with van der Waals surface area (Å²) in [5.74, 6) is -0.182. The van der Waals surface area contributed by atoms with E-state index in [0.717, 1.165) is 22.0 Å². The molecule has 0 aliphatic rings. The molecule has 24 heavy (non-hydrogen) atoms. The number of amides is 1. The van der Waals surface area contributed by atoms with Crippen molar-refractivity contribution < 1.29 is 4.79 Å². The number of carbonyl (C=O) groups is 1. The maximum atomic E-state index is 12.6. The molecular formula is C20H17N3O. The number of aryl methyl sites for hydroxylation is 1. The van der Waals surface area contributed by atoms with Crippen molar-refractivity contribution in [3.8, 4) is 6.07 Å². The maximum Gasteiger partial charge on any atom is 0.252 e. The van der Waals surface area contributed by atoms with Crippen LogP contribution in [0.25, 0.3) is 10.9 Å². The smallest absolute Gasteiger partial charge is 0.252 e. The first-order valence-electron chi connectivity index (χ1n) is 7.75. The Bertz CT molecular complexity index is 951. The molecule has 4 nitrogen and oxygen atoms in total. The highest BCUT2D eigenvalue weighted by atomic mass is 16.1. The van der Waals surface area contributed by atoms with Crippen LogP contribution in [0.2, 0.25) is 0 Å². The molecule has 0 fully saturated rings. The number of aromatic nitrogens is 1. The number of nitrogens with zero attached hydrogens (tertiary/aromatic N) is 2. The highest BCUT2D eigenvalue weighted by molar-refractivity contribution is 5.96.